The number of hydrogen-bond donors (Lipinski definition) is 1. The normalized spacial score (nSPS) is 19.8. The first-order valence-electron chi connectivity index (χ1n) is 17.3. The molecule has 2 aromatic carbocycles. The van der Waals surface area contributed by atoms with E-state index in [-0.39, 0.29) is 44.4 Å². The molecule has 1 N–H and O–H groups in total. The second-order valence-corrected chi connectivity index (χ2v) is 15.3. The van der Waals surface area contributed by atoms with Gasteiger partial charge < -0.3 is 29.3 Å². The van der Waals surface area contributed by atoms with E-state index in [1.54, 1.807) is 37.5 Å². The van der Waals surface area contributed by atoms with Gasteiger partial charge in [-0.2, -0.15) is 0 Å². The maximum absolute atomic E-state index is 14.5. The first-order valence-corrected chi connectivity index (χ1v) is 17.3. The number of likely N-dealkylation sites (N-methyl/N-ethyl adjacent to an activating group) is 1. The highest BCUT2D eigenvalue weighted by molar-refractivity contribution is 5.92. The van der Waals surface area contributed by atoms with Crippen LogP contribution in [0.15, 0.2) is 54.6 Å². The smallest absolute Gasteiger partial charge is 0.410 e. The molecule has 0 saturated carbocycles. The second-order valence-electron chi connectivity index (χ2n) is 15.3. The summed E-state index contributed by atoms with van der Waals surface area (Å²) < 4.78 is 30.8. The van der Waals surface area contributed by atoms with Crippen LogP contribution in [0.2, 0.25) is 0 Å². The van der Waals surface area contributed by atoms with Gasteiger partial charge in [0.05, 0.1) is 25.0 Å². The molecule has 4 amide bonds. The van der Waals surface area contributed by atoms with Gasteiger partial charge in [0.25, 0.3) is 0 Å². The van der Waals surface area contributed by atoms with Gasteiger partial charge in [-0.05, 0) is 69.4 Å². The molecule has 51 heavy (non-hydrogen) atoms. The standard InChI is InChI=1S/C38H51FN4O8/c1-24(41(8)36(48)49-23-25-12-10-9-11-13-25)34(46)40-33(37(2,3)4)35(47)42-21-20-28-32(42)29(50-27-16-14-26(39)15-17-27)22-43(28)30(44)18-19-31(45)51-38(5,6)7/h9-17,24,28-29,32-33H,18-23H2,1-8H3,(H,40,46)/t24-,28+,29-,32-,33+/m0/s1. The predicted molar refractivity (Wildman–Crippen MR) is 187 cm³/mol. The summed E-state index contributed by atoms with van der Waals surface area (Å²) in [5, 5.41) is 2.88. The van der Waals surface area contributed by atoms with Gasteiger partial charge in [0, 0.05) is 20.0 Å². The molecule has 2 heterocycles. The van der Waals surface area contributed by atoms with Crippen LogP contribution in [-0.2, 0) is 35.3 Å². The third-order valence-corrected chi connectivity index (χ3v) is 9.10. The lowest BCUT2D eigenvalue weighted by Crippen LogP contribution is -2.60. The van der Waals surface area contributed by atoms with Crippen molar-refractivity contribution in [2.75, 3.05) is 20.1 Å². The highest BCUT2D eigenvalue weighted by Crippen LogP contribution is 2.36. The Morgan fingerprint density at radius 3 is 2.20 bits per heavy atom. The zero-order valence-electron chi connectivity index (χ0n) is 30.8. The number of likely N-dealkylation sites (tertiary alicyclic amines) is 2. The van der Waals surface area contributed by atoms with Gasteiger partial charge in [0.2, 0.25) is 17.7 Å². The second kappa shape index (κ2) is 16.1. The number of fused-ring (bicyclic) bond motifs is 1. The lowest BCUT2D eigenvalue weighted by Gasteiger charge is -2.37. The number of hydrogen-bond acceptors (Lipinski definition) is 8. The van der Waals surface area contributed by atoms with Crippen LogP contribution in [0.25, 0.3) is 0 Å². The number of ether oxygens (including phenoxy) is 3. The number of rotatable bonds is 11. The molecule has 12 nitrogen and oxygen atoms in total. The number of halogens is 1. The summed E-state index contributed by atoms with van der Waals surface area (Å²) in [6.07, 6.45) is -1.07. The van der Waals surface area contributed by atoms with Crippen LogP contribution in [0.4, 0.5) is 9.18 Å². The van der Waals surface area contributed by atoms with Crippen molar-refractivity contribution < 1.29 is 42.6 Å². The van der Waals surface area contributed by atoms with Crippen LogP contribution >= 0.6 is 0 Å². The number of esters is 1. The minimum absolute atomic E-state index is 0.0423. The Hall–Kier alpha value is -4.68. The van der Waals surface area contributed by atoms with Crippen LogP contribution in [0.1, 0.15) is 73.3 Å². The molecule has 0 aromatic heterocycles. The Bertz CT molecular complexity index is 1560. The molecular weight excluding hydrogens is 659 g/mol. The van der Waals surface area contributed by atoms with Crippen molar-refractivity contribution in [3.8, 4) is 5.75 Å². The van der Waals surface area contributed by atoms with E-state index >= 15 is 0 Å². The molecular formula is C38H51FN4O8. The van der Waals surface area contributed by atoms with Crippen molar-refractivity contribution in [2.24, 2.45) is 5.41 Å². The molecule has 0 unspecified atom stereocenters. The Balaban J connectivity index is 1.50. The lowest BCUT2D eigenvalue weighted by atomic mass is 9.85. The molecule has 2 fully saturated rings. The summed E-state index contributed by atoms with van der Waals surface area (Å²) in [7, 11) is 1.46. The molecule has 0 bridgehead atoms. The average Bonchev–Trinajstić information content (AvgIpc) is 3.65. The Morgan fingerprint density at radius 1 is 0.941 bits per heavy atom. The minimum Gasteiger partial charge on any atom is -0.486 e. The number of amides is 4. The molecule has 2 saturated heterocycles. The molecule has 0 spiro atoms. The largest absolute Gasteiger partial charge is 0.486 e. The molecule has 4 rings (SSSR count). The Morgan fingerprint density at radius 2 is 1.59 bits per heavy atom. The minimum atomic E-state index is -0.997. The van der Waals surface area contributed by atoms with Crippen LogP contribution < -0.4 is 10.1 Å². The topological polar surface area (TPSA) is 135 Å². The van der Waals surface area contributed by atoms with Crippen molar-refractivity contribution in [1.29, 1.82) is 0 Å². The van der Waals surface area contributed by atoms with Crippen LogP contribution in [0, 0.1) is 11.2 Å². The van der Waals surface area contributed by atoms with Crippen LogP contribution in [0.5, 0.6) is 5.75 Å². The van der Waals surface area contributed by atoms with Gasteiger partial charge in [-0.3, -0.25) is 24.1 Å². The summed E-state index contributed by atoms with van der Waals surface area (Å²) in [5.41, 5.74) is -0.626. The van der Waals surface area contributed by atoms with Crippen LogP contribution in [0.3, 0.4) is 0 Å². The predicted octanol–water partition coefficient (Wildman–Crippen LogP) is 4.69. The van der Waals surface area contributed by atoms with Crippen molar-refractivity contribution in [3.63, 3.8) is 0 Å². The summed E-state index contributed by atoms with van der Waals surface area (Å²) in [4.78, 5) is 71.3. The van der Waals surface area contributed by atoms with E-state index in [2.05, 4.69) is 5.32 Å². The van der Waals surface area contributed by atoms with Gasteiger partial charge in [-0.1, -0.05) is 51.1 Å². The number of nitrogens with one attached hydrogen (secondary N) is 1. The van der Waals surface area contributed by atoms with Gasteiger partial charge in [0.1, 0.15) is 42.0 Å². The van der Waals surface area contributed by atoms with Gasteiger partial charge in [0.15, 0.2) is 0 Å². The zero-order chi connectivity index (χ0) is 37.7. The molecule has 2 aliphatic rings. The summed E-state index contributed by atoms with van der Waals surface area (Å²) in [6, 6.07) is 11.7. The quantitative estimate of drug-likeness (QED) is 0.332. The number of benzene rings is 2. The van der Waals surface area contributed by atoms with Gasteiger partial charge in [-0.15, -0.1) is 0 Å². The molecule has 5 atom stereocenters. The molecule has 278 valence electrons. The van der Waals surface area contributed by atoms with Crippen LogP contribution in [-0.4, -0.2) is 100 Å². The fraction of sp³-hybridized carbons (Fsp3) is 0.553. The summed E-state index contributed by atoms with van der Waals surface area (Å²) in [6.45, 7) is 12.8. The number of carbonyl (C=O) groups excluding carboxylic acids is 5. The highest BCUT2D eigenvalue weighted by Gasteiger charge is 2.54. The SMILES string of the molecule is C[C@@H](C(=O)N[C@H](C(=O)N1CC[C@@H]2[C@H]1[C@@H](Oc1ccc(F)cc1)CN2C(=O)CCC(=O)OC(C)(C)C)C(C)(C)C)N(C)C(=O)OCc1ccccc1. The third-order valence-electron chi connectivity index (χ3n) is 9.10. The third kappa shape index (κ3) is 10.2. The van der Waals surface area contributed by atoms with Crippen molar-refractivity contribution in [2.45, 2.75) is 110 Å². The Labute approximate surface area is 299 Å². The van der Waals surface area contributed by atoms with Gasteiger partial charge >= 0.3 is 12.1 Å². The maximum Gasteiger partial charge on any atom is 0.410 e. The van der Waals surface area contributed by atoms with Crippen molar-refractivity contribution in [1.82, 2.24) is 20.0 Å². The van der Waals surface area contributed by atoms with E-state index < -0.39 is 65.1 Å². The lowest BCUT2D eigenvalue weighted by molar-refractivity contribution is -0.156. The highest BCUT2D eigenvalue weighted by atomic mass is 19.1. The summed E-state index contributed by atoms with van der Waals surface area (Å²) in [5.74, 6) is -1.71. The van der Waals surface area contributed by atoms with E-state index in [0.29, 0.717) is 12.2 Å². The molecule has 0 radical (unpaired) electrons. The van der Waals surface area contributed by atoms with E-state index in [1.807, 2.05) is 51.1 Å². The van der Waals surface area contributed by atoms with E-state index in [1.165, 1.54) is 36.2 Å². The van der Waals surface area contributed by atoms with Gasteiger partial charge in [-0.25, -0.2) is 9.18 Å². The molecule has 2 aliphatic heterocycles. The fourth-order valence-electron chi connectivity index (χ4n) is 6.34. The summed E-state index contributed by atoms with van der Waals surface area (Å²) >= 11 is 0. The monoisotopic (exact) mass is 710 g/mol. The number of nitrogens with zero attached hydrogens (tertiary/aromatic N) is 3. The van der Waals surface area contributed by atoms with Crippen molar-refractivity contribution in [3.05, 3.63) is 66.0 Å². The van der Waals surface area contributed by atoms with E-state index in [9.17, 15) is 28.4 Å². The fourth-order valence-corrected chi connectivity index (χ4v) is 6.34. The number of carbonyl (C=O) groups is 5. The molecule has 2 aromatic rings. The first kappa shape index (κ1) is 39.1. The van der Waals surface area contributed by atoms with Crippen molar-refractivity contribution >= 4 is 29.8 Å². The van der Waals surface area contributed by atoms with E-state index in [4.69, 9.17) is 14.2 Å². The van der Waals surface area contributed by atoms with E-state index in [0.717, 1.165) is 5.56 Å². The maximum atomic E-state index is 14.5. The molecule has 0 aliphatic carbocycles. The first-order chi connectivity index (χ1) is 23.9. The Kier molecular flexibility index (Phi) is 12.4. The average molecular weight is 711 g/mol. The zero-order valence-corrected chi connectivity index (χ0v) is 30.8. The molecule has 13 heteroatoms.